The third kappa shape index (κ3) is 7.49. The second kappa shape index (κ2) is 16.2. The minimum absolute atomic E-state index is 0. The first-order chi connectivity index (χ1) is 24.3. The number of aliphatic hydroxyl groups is 1. The number of benzene rings is 3. The zero-order valence-electron chi connectivity index (χ0n) is 34.5. The molecule has 0 spiro atoms. The van der Waals surface area contributed by atoms with E-state index in [0.717, 1.165) is 11.2 Å². The van der Waals surface area contributed by atoms with Gasteiger partial charge in [-0.05, 0) is 64.0 Å². The van der Waals surface area contributed by atoms with E-state index >= 15 is 0 Å². The number of hydrogen-bond acceptors (Lipinski definition) is 4. The number of fused-ring (bicyclic) bond motifs is 6. The van der Waals surface area contributed by atoms with Crippen LogP contribution in [0, 0.1) is 40.6 Å². The first kappa shape index (κ1) is 43.0. The van der Waals surface area contributed by atoms with Gasteiger partial charge in [0.05, 0.1) is 5.52 Å². The van der Waals surface area contributed by atoms with Gasteiger partial charge in [-0.15, -0.1) is 46.7 Å². The van der Waals surface area contributed by atoms with Crippen LogP contribution in [0.4, 0.5) is 0 Å². The maximum Gasteiger partial charge on any atom is 0.165 e. The molecule has 1 aliphatic carbocycles. The average Bonchev–Trinajstić information content (AvgIpc) is 3.60. The van der Waals surface area contributed by atoms with Gasteiger partial charge in [-0.3, -0.25) is 9.78 Å². The Bertz CT molecular complexity index is 1950. The molecule has 0 saturated carbocycles. The largest absolute Gasteiger partial charge is 0.512 e. The smallest absolute Gasteiger partial charge is 0.165 e. The molecule has 1 radical (unpaired) electrons. The molecule has 0 amide bonds. The predicted octanol–water partition coefficient (Wildman–Crippen LogP) is 13.7. The maximum absolute atomic E-state index is 12.8. The van der Waals surface area contributed by atoms with Crippen molar-refractivity contribution in [3.8, 4) is 11.3 Å². The number of allylic oxidation sites excluding steroid dienone is 2. The Morgan fingerprint density at radius 2 is 1.40 bits per heavy atom. The summed E-state index contributed by atoms with van der Waals surface area (Å²) < 4.78 is 0. The van der Waals surface area contributed by atoms with Crippen molar-refractivity contribution in [2.24, 2.45) is 34.5 Å². The topological polar surface area (TPSA) is 50.2 Å². The number of carbonyl (C=O) groups excluding carboxylic acids is 1. The number of thioether (sulfide) groups is 1. The SMILES string of the molecule is CC(C)C(C)(C(=O)/C=C(\O)C(C)(C(C)C)C(C)C)C(C)C.CC(C)c1cc(-c2[c-]ccc3c2C(C)(C)C2c4ccccc4SC32)nc2ccccc12.[Ir]. The van der Waals surface area contributed by atoms with Gasteiger partial charge in [-0.25, -0.2) is 0 Å². The molecule has 2 atom stereocenters. The molecule has 0 saturated heterocycles. The van der Waals surface area contributed by atoms with E-state index in [4.69, 9.17) is 4.98 Å². The summed E-state index contributed by atoms with van der Waals surface area (Å²) in [5.41, 5.74) is 8.29. The van der Waals surface area contributed by atoms with E-state index in [0.29, 0.717) is 17.1 Å². The van der Waals surface area contributed by atoms with Crippen LogP contribution in [0.5, 0.6) is 0 Å². The van der Waals surface area contributed by atoms with Crippen molar-refractivity contribution in [2.45, 2.75) is 124 Å². The molecule has 6 rings (SSSR count). The van der Waals surface area contributed by atoms with E-state index in [1.54, 1.807) is 0 Å². The van der Waals surface area contributed by atoms with Gasteiger partial charge < -0.3 is 5.11 Å². The molecule has 2 heterocycles. The van der Waals surface area contributed by atoms with E-state index in [1.165, 1.54) is 44.2 Å². The molecular weight excluding hydrogens is 847 g/mol. The van der Waals surface area contributed by atoms with Gasteiger partial charge in [0.25, 0.3) is 0 Å². The average molecular weight is 909 g/mol. The summed E-state index contributed by atoms with van der Waals surface area (Å²) in [6.45, 7) is 30.1. The molecular formula is C48H62IrNO2S-. The van der Waals surface area contributed by atoms with Crippen LogP contribution in [0.15, 0.2) is 83.5 Å². The van der Waals surface area contributed by atoms with Crippen LogP contribution in [-0.4, -0.2) is 15.9 Å². The molecule has 1 aliphatic heterocycles. The van der Waals surface area contributed by atoms with Gasteiger partial charge >= 0.3 is 0 Å². The molecule has 2 aliphatic rings. The molecule has 4 aromatic rings. The quantitative estimate of drug-likeness (QED) is 0.103. The number of para-hydroxylation sites is 1. The predicted molar refractivity (Wildman–Crippen MR) is 222 cm³/mol. The maximum atomic E-state index is 12.8. The van der Waals surface area contributed by atoms with Crippen LogP contribution in [0.1, 0.15) is 136 Å². The van der Waals surface area contributed by atoms with Crippen molar-refractivity contribution < 1.29 is 30.0 Å². The number of carbonyl (C=O) groups is 1. The van der Waals surface area contributed by atoms with Crippen LogP contribution < -0.4 is 0 Å². The summed E-state index contributed by atoms with van der Waals surface area (Å²) in [5.74, 6) is 2.21. The molecule has 0 fully saturated rings. The van der Waals surface area contributed by atoms with Crippen LogP contribution in [0.2, 0.25) is 0 Å². The first-order valence-corrected chi connectivity index (χ1v) is 20.3. The second-order valence-corrected chi connectivity index (χ2v) is 19.0. The summed E-state index contributed by atoms with van der Waals surface area (Å²) in [6.07, 6.45) is 1.50. The molecule has 0 bridgehead atoms. The summed E-state index contributed by atoms with van der Waals surface area (Å²) >= 11 is 2.03. The molecule has 53 heavy (non-hydrogen) atoms. The summed E-state index contributed by atoms with van der Waals surface area (Å²) in [5, 5.41) is 12.4. The number of pyridine rings is 1. The van der Waals surface area contributed by atoms with E-state index in [9.17, 15) is 9.90 Å². The Hall–Kier alpha value is -2.72. The van der Waals surface area contributed by atoms with E-state index < -0.39 is 5.41 Å². The van der Waals surface area contributed by atoms with Gasteiger partial charge in [0.15, 0.2) is 5.78 Å². The number of aromatic nitrogens is 1. The fourth-order valence-electron chi connectivity index (χ4n) is 8.76. The number of ketones is 1. The van der Waals surface area contributed by atoms with Crippen molar-refractivity contribution in [2.75, 3.05) is 0 Å². The molecule has 2 unspecified atom stereocenters. The van der Waals surface area contributed by atoms with E-state index in [2.05, 4.69) is 156 Å². The fourth-order valence-corrected chi connectivity index (χ4v) is 10.5. The van der Waals surface area contributed by atoms with Crippen molar-refractivity contribution >= 4 is 28.4 Å². The van der Waals surface area contributed by atoms with Crippen LogP contribution in [0.3, 0.4) is 0 Å². The first-order valence-electron chi connectivity index (χ1n) is 19.5. The summed E-state index contributed by atoms with van der Waals surface area (Å²) in [7, 11) is 0. The Morgan fingerprint density at radius 3 is 1.98 bits per heavy atom. The normalized spacial score (nSPS) is 17.9. The Morgan fingerprint density at radius 1 is 0.830 bits per heavy atom. The third-order valence-corrected chi connectivity index (χ3v) is 14.7. The van der Waals surface area contributed by atoms with Crippen molar-refractivity contribution in [3.63, 3.8) is 0 Å². The van der Waals surface area contributed by atoms with Crippen molar-refractivity contribution in [3.05, 3.63) is 107 Å². The number of aliphatic hydroxyl groups excluding tert-OH is 1. The zero-order chi connectivity index (χ0) is 38.5. The summed E-state index contributed by atoms with van der Waals surface area (Å²) in [6, 6.07) is 27.8. The molecule has 3 aromatic carbocycles. The standard InChI is InChI=1S/C29H26NS.C19H36O2.Ir/c1-17(2)22-16-24(30-23-14-7-5-10-18(22)23)19-12-9-13-21-26(19)29(3,4)27-20-11-6-8-15-25(20)31-28(21)27;1-12(2)18(9,13(3)4)16(20)11-17(21)19(10,14(5)6)15(7)8;/h5-11,13-17,27-28H,1-4H3;11-15,20H,1-10H3;/q-1;;/b;16-11-;. The third-order valence-electron chi connectivity index (χ3n) is 13.3. The van der Waals surface area contributed by atoms with Gasteiger partial charge in [-0.2, -0.15) is 0 Å². The Kier molecular flexibility index (Phi) is 13.1. The van der Waals surface area contributed by atoms with Gasteiger partial charge in [0.1, 0.15) is 5.76 Å². The van der Waals surface area contributed by atoms with Crippen LogP contribution in [0.25, 0.3) is 22.2 Å². The fraction of sp³-hybridized carbons (Fsp3) is 0.500. The van der Waals surface area contributed by atoms with Gasteiger partial charge in [0, 0.05) is 58.5 Å². The monoisotopic (exact) mass is 909 g/mol. The molecule has 287 valence electrons. The molecule has 1 aromatic heterocycles. The number of rotatable bonds is 9. The van der Waals surface area contributed by atoms with Crippen molar-refractivity contribution in [1.29, 1.82) is 0 Å². The minimum atomic E-state index is -0.442. The van der Waals surface area contributed by atoms with E-state index in [1.807, 2.05) is 25.6 Å². The van der Waals surface area contributed by atoms with Gasteiger partial charge in [-0.1, -0.05) is 139 Å². The van der Waals surface area contributed by atoms with Crippen LogP contribution in [-0.2, 0) is 30.3 Å². The van der Waals surface area contributed by atoms with Gasteiger partial charge in [0.2, 0.25) is 0 Å². The Balaban J connectivity index is 0.000000253. The summed E-state index contributed by atoms with van der Waals surface area (Å²) in [4.78, 5) is 19.4. The second-order valence-electron chi connectivity index (χ2n) is 17.8. The number of hydrogen-bond donors (Lipinski definition) is 1. The molecule has 3 nitrogen and oxygen atoms in total. The minimum Gasteiger partial charge on any atom is -0.512 e. The number of nitrogens with zero attached hydrogens (tertiary/aromatic N) is 1. The van der Waals surface area contributed by atoms with E-state index in [-0.39, 0.29) is 66.1 Å². The zero-order valence-corrected chi connectivity index (χ0v) is 37.7. The van der Waals surface area contributed by atoms with Crippen molar-refractivity contribution in [1.82, 2.24) is 4.98 Å². The molecule has 5 heteroatoms. The van der Waals surface area contributed by atoms with Crippen LogP contribution >= 0.6 is 11.8 Å². The Labute approximate surface area is 338 Å². The molecule has 1 N–H and O–H groups in total.